The number of carbonyl (C=O) groups is 4. The van der Waals surface area contributed by atoms with Crippen molar-refractivity contribution in [1.29, 1.82) is 0 Å². The van der Waals surface area contributed by atoms with Crippen LogP contribution in [0.2, 0.25) is 0 Å². The van der Waals surface area contributed by atoms with E-state index < -0.39 is 41.8 Å². The molecular formula is C12H20N4O5. The Kier molecular flexibility index (Phi) is 5.65. The van der Waals surface area contributed by atoms with Gasteiger partial charge in [0.05, 0.1) is 12.5 Å². The van der Waals surface area contributed by atoms with Gasteiger partial charge in [-0.25, -0.2) is 4.79 Å². The predicted molar refractivity (Wildman–Crippen MR) is 71.8 cm³/mol. The second kappa shape index (κ2) is 7.02. The molecule has 0 saturated carbocycles. The number of carboxylic acid groups (broad SMARTS) is 1. The molecule has 9 nitrogen and oxygen atoms in total. The van der Waals surface area contributed by atoms with Crippen molar-refractivity contribution in [2.75, 3.05) is 6.54 Å². The Morgan fingerprint density at radius 1 is 1.38 bits per heavy atom. The number of carboxylic acids is 1. The van der Waals surface area contributed by atoms with Gasteiger partial charge in [-0.2, -0.15) is 0 Å². The first-order valence-electron chi connectivity index (χ1n) is 6.61. The number of hydrogen-bond acceptors (Lipinski definition) is 5. The lowest BCUT2D eigenvalue weighted by Gasteiger charge is -2.25. The maximum atomic E-state index is 12.2. The van der Waals surface area contributed by atoms with Gasteiger partial charge in [0, 0.05) is 6.54 Å². The molecule has 3 unspecified atom stereocenters. The highest BCUT2D eigenvalue weighted by molar-refractivity contribution is 5.93. The molecule has 3 atom stereocenters. The quantitative estimate of drug-likeness (QED) is 0.435. The van der Waals surface area contributed by atoms with Crippen LogP contribution in [0.15, 0.2) is 0 Å². The minimum absolute atomic E-state index is 0.325. The maximum absolute atomic E-state index is 12.2. The number of primary amides is 1. The Labute approximate surface area is 121 Å². The van der Waals surface area contributed by atoms with Crippen molar-refractivity contribution in [2.45, 2.75) is 44.3 Å². The summed E-state index contributed by atoms with van der Waals surface area (Å²) in [4.78, 5) is 46.8. The van der Waals surface area contributed by atoms with E-state index in [2.05, 4.69) is 5.32 Å². The molecule has 0 aromatic heterocycles. The Morgan fingerprint density at radius 2 is 2.00 bits per heavy atom. The van der Waals surface area contributed by atoms with Crippen molar-refractivity contribution in [3.63, 3.8) is 0 Å². The van der Waals surface area contributed by atoms with E-state index in [1.165, 1.54) is 11.8 Å². The SMILES string of the molecule is CC(NC(=O)C(N)CC(N)=O)C(=O)N1CCCC1C(=O)O. The van der Waals surface area contributed by atoms with Crippen LogP contribution in [0.5, 0.6) is 0 Å². The van der Waals surface area contributed by atoms with Crippen LogP contribution in [0.4, 0.5) is 0 Å². The summed E-state index contributed by atoms with van der Waals surface area (Å²) in [7, 11) is 0. The van der Waals surface area contributed by atoms with E-state index in [4.69, 9.17) is 16.6 Å². The summed E-state index contributed by atoms with van der Waals surface area (Å²) in [6.45, 7) is 1.78. The second-order valence-corrected chi connectivity index (χ2v) is 5.04. The summed E-state index contributed by atoms with van der Waals surface area (Å²) >= 11 is 0. The standard InChI is InChI=1S/C12H20N4O5/c1-6(15-10(18)7(13)5-9(14)17)11(19)16-4-2-3-8(16)12(20)21/h6-8H,2-5,13H2,1H3,(H2,14,17)(H,15,18)(H,20,21). The molecule has 0 bridgehead atoms. The fourth-order valence-corrected chi connectivity index (χ4v) is 2.23. The molecule has 1 rings (SSSR count). The lowest BCUT2D eigenvalue weighted by molar-refractivity contribution is -0.149. The topological polar surface area (TPSA) is 156 Å². The van der Waals surface area contributed by atoms with E-state index in [0.717, 1.165) is 0 Å². The molecule has 1 aliphatic rings. The highest BCUT2D eigenvalue weighted by Gasteiger charge is 2.36. The molecule has 0 aromatic rings. The van der Waals surface area contributed by atoms with Crippen LogP contribution < -0.4 is 16.8 Å². The molecule has 3 amide bonds. The minimum Gasteiger partial charge on any atom is -0.480 e. The minimum atomic E-state index is -1.13. The second-order valence-electron chi connectivity index (χ2n) is 5.04. The molecule has 0 spiro atoms. The Hall–Kier alpha value is -2.16. The van der Waals surface area contributed by atoms with E-state index in [1.54, 1.807) is 0 Å². The first-order chi connectivity index (χ1) is 9.73. The van der Waals surface area contributed by atoms with Gasteiger partial charge < -0.3 is 26.8 Å². The molecule has 0 aromatic carbocycles. The summed E-state index contributed by atoms with van der Waals surface area (Å²) in [6.07, 6.45) is 0.668. The van der Waals surface area contributed by atoms with Crippen LogP contribution in [-0.4, -0.2) is 58.4 Å². The molecule has 1 saturated heterocycles. The van der Waals surface area contributed by atoms with E-state index >= 15 is 0 Å². The number of hydrogen-bond donors (Lipinski definition) is 4. The summed E-state index contributed by atoms with van der Waals surface area (Å²) in [5.41, 5.74) is 10.4. The number of nitrogens with zero attached hydrogens (tertiary/aromatic N) is 1. The monoisotopic (exact) mass is 300 g/mol. The lowest BCUT2D eigenvalue weighted by Crippen LogP contribution is -2.53. The van der Waals surface area contributed by atoms with Gasteiger partial charge in [0.2, 0.25) is 17.7 Å². The van der Waals surface area contributed by atoms with Crippen molar-refractivity contribution in [3.05, 3.63) is 0 Å². The number of rotatable bonds is 6. The molecule has 6 N–H and O–H groups in total. The Morgan fingerprint density at radius 3 is 2.52 bits per heavy atom. The van der Waals surface area contributed by atoms with Gasteiger partial charge in [-0.15, -0.1) is 0 Å². The van der Waals surface area contributed by atoms with Crippen LogP contribution in [0.3, 0.4) is 0 Å². The first kappa shape index (κ1) is 16.9. The van der Waals surface area contributed by atoms with Crippen LogP contribution in [0.1, 0.15) is 26.2 Å². The fourth-order valence-electron chi connectivity index (χ4n) is 2.23. The van der Waals surface area contributed by atoms with Crippen LogP contribution >= 0.6 is 0 Å². The van der Waals surface area contributed by atoms with Gasteiger partial charge in [-0.1, -0.05) is 0 Å². The highest BCUT2D eigenvalue weighted by Crippen LogP contribution is 2.18. The zero-order chi connectivity index (χ0) is 16.2. The number of aliphatic carboxylic acids is 1. The number of likely N-dealkylation sites (tertiary alicyclic amines) is 1. The zero-order valence-electron chi connectivity index (χ0n) is 11.7. The van der Waals surface area contributed by atoms with Crippen molar-refractivity contribution < 1.29 is 24.3 Å². The smallest absolute Gasteiger partial charge is 0.326 e. The predicted octanol–water partition coefficient (Wildman–Crippen LogP) is -2.23. The van der Waals surface area contributed by atoms with Gasteiger partial charge in [0.25, 0.3) is 0 Å². The molecule has 9 heteroatoms. The number of carbonyl (C=O) groups excluding carboxylic acids is 3. The Bertz CT molecular complexity index is 453. The lowest BCUT2D eigenvalue weighted by atomic mass is 10.1. The Balaban J connectivity index is 2.60. The molecule has 21 heavy (non-hydrogen) atoms. The third kappa shape index (κ3) is 4.42. The molecular weight excluding hydrogens is 280 g/mol. The van der Waals surface area contributed by atoms with E-state index in [-0.39, 0.29) is 6.42 Å². The van der Waals surface area contributed by atoms with Gasteiger partial charge in [0.1, 0.15) is 12.1 Å². The summed E-state index contributed by atoms with van der Waals surface area (Å²) < 4.78 is 0. The zero-order valence-corrected chi connectivity index (χ0v) is 11.7. The van der Waals surface area contributed by atoms with Crippen LogP contribution in [-0.2, 0) is 19.2 Å². The maximum Gasteiger partial charge on any atom is 0.326 e. The van der Waals surface area contributed by atoms with Crippen molar-refractivity contribution in [2.24, 2.45) is 11.5 Å². The first-order valence-corrected chi connectivity index (χ1v) is 6.61. The van der Waals surface area contributed by atoms with Crippen LogP contribution in [0.25, 0.3) is 0 Å². The van der Waals surface area contributed by atoms with Gasteiger partial charge in [-0.05, 0) is 19.8 Å². The molecule has 0 aliphatic carbocycles. The van der Waals surface area contributed by atoms with Crippen LogP contribution in [0, 0.1) is 0 Å². The van der Waals surface area contributed by atoms with Gasteiger partial charge in [0.15, 0.2) is 0 Å². The van der Waals surface area contributed by atoms with Crippen molar-refractivity contribution in [1.82, 2.24) is 10.2 Å². The molecule has 0 radical (unpaired) electrons. The summed E-state index contributed by atoms with van der Waals surface area (Å²) in [5.74, 6) is -2.95. The van der Waals surface area contributed by atoms with Crippen molar-refractivity contribution in [3.8, 4) is 0 Å². The highest BCUT2D eigenvalue weighted by atomic mass is 16.4. The average molecular weight is 300 g/mol. The normalized spacial score (nSPS) is 20.7. The molecule has 118 valence electrons. The van der Waals surface area contributed by atoms with Gasteiger partial charge in [-0.3, -0.25) is 14.4 Å². The average Bonchev–Trinajstić information content (AvgIpc) is 2.85. The number of amides is 3. The molecule has 1 aliphatic heterocycles. The van der Waals surface area contributed by atoms with E-state index in [9.17, 15) is 19.2 Å². The molecule has 1 heterocycles. The largest absolute Gasteiger partial charge is 0.480 e. The van der Waals surface area contributed by atoms with Crippen molar-refractivity contribution >= 4 is 23.7 Å². The van der Waals surface area contributed by atoms with E-state index in [1.807, 2.05) is 0 Å². The van der Waals surface area contributed by atoms with Gasteiger partial charge >= 0.3 is 5.97 Å². The third-order valence-electron chi connectivity index (χ3n) is 3.31. The molecule has 1 fully saturated rings. The summed E-state index contributed by atoms with van der Waals surface area (Å²) in [6, 6.07) is -2.92. The van der Waals surface area contributed by atoms with E-state index in [0.29, 0.717) is 19.4 Å². The number of nitrogens with two attached hydrogens (primary N) is 2. The summed E-state index contributed by atoms with van der Waals surface area (Å²) in [5, 5.41) is 11.4. The fraction of sp³-hybridized carbons (Fsp3) is 0.667. The third-order valence-corrected chi connectivity index (χ3v) is 3.31. The number of nitrogens with one attached hydrogen (secondary N) is 1.